The number of rotatable bonds is 9. The fourth-order valence-corrected chi connectivity index (χ4v) is 4.95. The number of aromatic nitrogens is 3. The van der Waals surface area contributed by atoms with Gasteiger partial charge in [0.25, 0.3) is 5.91 Å². The highest BCUT2D eigenvalue weighted by molar-refractivity contribution is 9.10. The van der Waals surface area contributed by atoms with Crippen LogP contribution < -0.4 is 10.6 Å². The molecule has 9 heteroatoms. The normalized spacial score (nSPS) is 12.0. The molecule has 0 unspecified atom stereocenters. The monoisotopic (exact) mass is 557 g/mol. The molecule has 0 radical (unpaired) electrons. The first-order valence-corrected chi connectivity index (χ1v) is 13.4. The summed E-state index contributed by atoms with van der Waals surface area (Å²) in [5.41, 5.74) is 4.71. The molecule has 0 spiro atoms. The molecule has 2 amide bonds. The van der Waals surface area contributed by atoms with Crippen LogP contribution >= 0.6 is 27.7 Å². The standard InChI is InChI=1S/C26H32BrN5O2S/c1-7-32-24(23(15(2)3)29-25(34)19-10-8-16(4)9-11-19)30-31-26(32)35-14-22(33)28-21-13-18(6)17(5)12-20(21)27/h8-13,15,23H,7,14H2,1-6H3,(H,28,33)(H,29,34)/t23-/m0/s1. The Bertz CT molecular complexity index is 1210. The Morgan fingerprint density at radius 2 is 1.71 bits per heavy atom. The van der Waals surface area contributed by atoms with Crippen LogP contribution in [0.2, 0.25) is 0 Å². The van der Waals surface area contributed by atoms with Gasteiger partial charge in [0.15, 0.2) is 11.0 Å². The molecule has 0 saturated carbocycles. The molecule has 0 fully saturated rings. The lowest BCUT2D eigenvalue weighted by atomic mass is 10.0. The van der Waals surface area contributed by atoms with Crippen molar-refractivity contribution in [2.75, 3.05) is 11.1 Å². The molecule has 3 aromatic rings. The van der Waals surface area contributed by atoms with E-state index >= 15 is 0 Å². The molecule has 35 heavy (non-hydrogen) atoms. The van der Waals surface area contributed by atoms with Crippen LogP contribution in [0, 0.1) is 26.7 Å². The Kier molecular flexibility index (Phi) is 9.13. The van der Waals surface area contributed by atoms with Gasteiger partial charge in [0.2, 0.25) is 5.91 Å². The number of benzene rings is 2. The molecule has 7 nitrogen and oxygen atoms in total. The average Bonchev–Trinajstić information content (AvgIpc) is 3.22. The number of thioether (sulfide) groups is 1. The van der Waals surface area contributed by atoms with Gasteiger partial charge in [-0.25, -0.2) is 0 Å². The van der Waals surface area contributed by atoms with Gasteiger partial charge in [-0.05, 0) is 84.9 Å². The van der Waals surface area contributed by atoms with Crippen LogP contribution in [0.25, 0.3) is 0 Å². The molecular weight excluding hydrogens is 526 g/mol. The van der Waals surface area contributed by atoms with Crippen LogP contribution in [-0.2, 0) is 11.3 Å². The van der Waals surface area contributed by atoms with Gasteiger partial charge in [-0.15, -0.1) is 10.2 Å². The van der Waals surface area contributed by atoms with Gasteiger partial charge in [-0.1, -0.05) is 43.3 Å². The second kappa shape index (κ2) is 11.9. The molecule has 0 aliphatic carbocycles. The zero-order valence-corrected chi connectivity index (χ0v) is 23.4. The molecule has 186 valence electrons. The van der Waals surface area contributed by atoms with Crippen LogP contribution in [0.5, 0.6) is 0 Å². The Morgan fingerprint density at radius 1 is 1.06 bits per heavy atom. The van der Waals surface area contributed by atoms with E-state index in [2.05, 4.69) is 36.8 Å². The van der Waals surface area contributed by atoms with Crippen LogP contribution in [-0.4, -0.2) is 32.3 Å². The van der Waals surface area contributed by atoms with E-state index in [9.17, 15) is 9.59 Å². The zero-order valence-electron chi connectivity index (χ0n) is 21.0. The van der Waals surface area contributed by atoms with E-state index in [1.54, 1.807) is 0 Å². The number of hydrogen-bond acceptors (Lipinski definition) is 5. The van der Waals surface area contributed by atoms with E-state index in [1.807, 2.05) is 82.5 Å². The third-order valence-corrected chi connectivity index (χ3v) is 7.42. The predicted molar refractivity (Wildman–Crippen MR) is 145 cm³/mol. The molecule has 0 bridgehead atoms. The van der Waals surface area contributed by atoms with Crippen molar-refractivity contribution in [2.24, 2.45) is 5.92 Å². The third kappa shape index (κ3) is 6.73. The van der Waals surface area contributed by atoms with Crippen molar-refractivity contribution in [1.82, 2.24) is 20.1 Å². The van der Waals surface area contributed by atoms with E-state index in [1.165, 1.54) is 11.8 Å². The molecule has 2 N–H and O–H groups in total. The number of halogens is 1. The van der Waals surface area contributed by atoms with E-state index in [-0.39, 0.29) is 29.5 Å². The van der Waals surface area contributed by atoms with Crippen molar-refractivity contribution in [3.8, 4) is 0 Å². The number of nitrogens with one attached hydrogen (secondary N) is 2. The molecule has 2 aromatic carbocycles. The van der Waals surface area contributed by atoms with Crippen molar-refractivity contribution in [3.05, 3.63) is 68.9 Å². The Labute approximate surface area is 219 Å². The van der Waals surface area contributed by atoms with Crippen LogP contribution in [0.4, 0.5) is 5.69 Å². The summed E-state index contributed by atoms with van der Waals surface area (Å²) in [6.45, 7) is 12.7. The lowest BCUT2D eigenvalue weighted by molar-refractivity contribution is -0.113. The highest BCUT2D eigenvalue weighted by Gasteiger charge is 2.26. The number of carbonyl (C=O) groups is 2. The molecule has 0 saturated heterocycles. The minimum absolute atomic E-state index is 0.0992. The zero-order chi connectivity index (χ0) is 25.7. The Hall–Kier alpha value is -2.65. The van der Waals surface area contributed by atoms with E-state index in [0.717, 1.165) is 26.9 Å². The molecule has 1 heterocycles. The molecular formula is C26H32BrN5O2S. The second-order valence-electron chi connectivity index (χ2n) is 8.90. The Morgan fingerprint density at radius 3 is 2.34 bits per heavy atom. The fourth-order valence-electron chi connectivity index (χ4n) is 3.59. The van der Waals surface area contributed by atoms with Gasteiger partial charge < -0.3 is 15.2 Å². The number of hydrogen-bond donors (Lipinski definition) is 2. The number of amides is 2. The van der Waals surface area contributed by atoms with Crippen LogP contribution in [0.15, 0.2) is 46.0 Å². The number of aryl methyl sites for hydroxylation is 3. The summed E-state index contributed by atoms with van der Waals surface area (Å²) in [6.07, 6.45) is 0. The van der Waals surface area contributed by atoms with Gasteiger partial charge in [-0.2, -0.15) is 0 Å². The number of anilines is 1. The van der Waals surface area contributed by atoms with Gasteiger partial charge >= 0.3 is 0 Å². The average molecular weight is 559 g/mol. The minimum Gasteiger partial charge on any atom is -0.342 e. The van der Waals surface area contributed by atoms with Gasteiger partial charge in [0.1, 0.15) is 0 Å². The minimum atomic E-state index is -0.314. The second-order valence-corrected chi connectivity index (χ2v) is 10.7. The third-order valence-electron chi connectivity index (χ3n) is 5.80. The first kappa shape index (κ1) is 26.9. The van der Waals surface area contributed by atoms with Crippen molar-refractivity contribution in [2.45, 2.75) is 59.3 Å². The molecule has 0 aliphatic rings. The lowest BCUT2D eigenvalue weighted by Gasteiger charge is -2.22. The fraction of sp³-hybridized carbons (Fsp3) is 0.385. The van der Waals surface area contributed by atoms with Crippen molar-refractivity contribution >= 4 is 45.2 Å². The maximum absolute atomic E-state index is 12.9. The highest BCUT2D eigenvalue weighted by atomic mass is 79.9. The van der Waals surface area contributed by atoms with E-state index in [0.29, 0.717) is 23.1 Å². The molecule has 3 rings (SSSR count). The SMILES string of the molecule is CCn1c(SCC(=O)Nc2cc(C)c(C)cc2Br)nnc1[C@@H](NC(=O)c1ccc(C)cc1)C(C)C. The molecule has 1 atom stereocenters. The van der Waals surface area contributed by atoms with E-state index in [4.69, 9.17) is 0 Å². The summed E-state index contributed by atoms with van der Waals surface area (Å²) in [4.78, 5) is 25.5. The quantitative estimate of drug-likeness (QED) is 0.322. The lowest BCUT2D eigenvalue weighted by Crippen LogP contribution is -2.33. The number of nitrogens with zero attached hydrogens (tertiary/aromatic N) is 3. The maximum atomic E-state index is 12.9. The van der Waals surface area contributed by atoms with Crippen LogP contribution in [0.3, 0.4) is 0 Å². The first-order valence-electron chi connectivity index (χ1n) is 11.6. The van der Waals surface area contributed by atoms with Crippen molar-refractivity contribution in [3.63, 3.8) is 0 Å². The van der Waals surface area contributed by atoms with Crippen LogP contribution in [0.1, 0.15) is 59.7 Å². The van der Waals surface area contributed by atoms with Crippen molar-refractivity contribution < 1.29 is 9.59 Å². The maximum Gasteiger partial charge on any atom is 0.251 e. The van der Waals surface area contributed by atoms with Gasteiger partial charge in [-0.3, -0.25) is 9.59 Å². The summed E-state index contributed by atoms with van der Waals surface area (Å²) in [5.74, 6) is 0.700. The van der Waals surface area contributed by atoms with Gasteiger partial charge in [0.05, 0.1) is 17.5 Å². The van der Waals surface area contributed by atoms with Gasteiger partial charge in [0, 0.05) is 16.6 Å². The predicted octanol–water partition coefficient (Wildman–Crippen LogP) is 5.84. The van der Waals surface area contributed by atoms with Crippen molar-refractivity contribution in [1.29, 1.82) is 0 Å². The summed E-state index contributed by atoms with van der Waals surface area (Å²) in [5, 5.41) is 15.5. The highest BCUT2D eigenvalue weighted by Crippen LogP contribution is 2.28. The topological polar surface area (TPSA) is 88.9 Å². The summed E-state index contributed by atoms with van der Waals surface area (Å²) >= 11 is 4.85. The Balaban J connectivity index is 1.72. The molecule has 0 aliphatic heterocycles. The summed E-state index contributed by atoms with van der Waals surface area (Å²) < 4.78 is 2.81. The van der Waals surface area contributed by atoms with E-state index < -0.39 is 0 Å². The smallest absolute Gasteiger partial charge is 0.251 e. The number of carbonyl (C=O) groups excluding carboxylic acids is 2. The molecule has 1 aromatic heterocycles. The first-order chi connectivity index (χ1) is 16.6. The largest absolute Gasteiger partial charge is 0.342 e. The summed E-state index contributed by atoms with van der Waals surface area (Å²) in [7, 11) is 0. The summed E-state index contributed by atoms with van der Waals surface area (Å²) in [6, 6.07) is 11.1.